The predicted octanol–water partition coefficient (Wildman–Crippen LogP) is 3.09. The number of thioether (sulfide) groups is 2. The maximum absolute atomic E-state index is 13.0. The van der Waals surface area contributed by atoms with Crippen molar-refractivity contribution in [1.82, 2.24) is 10.2 Å². The number of nitrogens with zero attached hydrogens (tertiary/aromatic N) is 2. The number of aliphatic carboxylic acids is 1. The van der Waals surface area contributed by atoms with E-state index < -0.39 is 40.7 Å². The minimum atomic E-state index is -1.23. The van der Waals surface area contributed by atoms with Crippen molar-refractivity contribution in [1.29, 1.82) is 0 Å². The summed E-state index contributed by atoms with van der Waals surface area (Å²) >= 11 is 9.80. The van der Waals surface area contributed by atoms with E-state index in [9.17, 15) is 24.3 Å². The van der Waals surface area contributed by atoms with Crippen molar-refractivity contribution in [2.45, 2.75) is 28.6 Å². The van der Waals surface area contributed by atoms with Gasteiger partial charge in [-0.05, 0) is 29.1 Å². The zero-order chi connectivity index (χ0) is 25.8. The highest BCUT2D eigenvalue weighted by atomic mass is 35.5. The molecule has 3 heterocycles. The number of carbonyl (C=O) groups is 4. The van der Waals surface area contributed by atoms with Gasteiger partial charge in [-0.3, -0.25) is 19.3 Å². The van der Waals surface area contributed by atoms with Gasteiger partial charge in [0.15, 0.2) is 5.78 Å². The first-order valence-electron chi connectivity index (χ1n) is 10.6. The molecule has 0 radical (unpaired) electrons. The number of rotatable bonds is 10. The number of nitrogens with one attached hydrogen (secondary N) is 1. The summed E-state index contributed by atoms with van der Waals surface area (Å²) in [5.41, 5.74) is 0.372. The van der Waals surface area contributed by atoms with E-state index in [1.54, 1.807) is 12.1 Å². The van der Waals surface area contributed by atoms with Crippen LogP contribution in [0.15, 0.2) is 62.4 Å². The van der Waals surface area contributed by atoms with Gasteiger partial charge in [-0.25, -0.2) is 4.79 Å². The molecule has 36 heavy (non-hydrogen) atoms. The van der Waals surface area contributed by atoms with E-state index in [1.165, 1.54) is 46.9 Å². The molecule has 1 aromatic carbocycles. The molecule has 2 aliphatic rings. The van der Waals surface area contributed by atoms with Crippen molar-refractivity contribution in [3.05, 3.63) is 62.8 Å². The Kier molecular flexibility index (Phi) is 8.39. The zero-order valence-electron chi connectivity index (χ0n) is 18.8. The van der Waals surface area contributed by atoms with E-state index >= 15 is 0 Å². The molecule has 0 saturated carbocycles. The van der Waals surface area contributed by atoms with Gasteiger partial charge in [0.2, 0.25) is 5.71 Å². The normalized spacial score (nSPS) is 19.4. The van der Waals surface area contributed by atoms with E-state index in [4.69, 9.17) is 11.6 Å². The summed E-state index contributed by atoms with van der Waals surface area (Å²) in [7, 11) is 1.21. The fourth-order valence-corrected chi connectivity index (χ4v) is 6.99. The molecule has 2 N–H and O–H groups in total. The third-order valence-corrected chi connectivity index (χ3v) is 9.06. The molecule has 1 aromatic heterocycles. The van der Waals surface area contributed by atoms with Gasteiger partial charge in [-0.2, -0.15) is 0 Å². The first-order valence-corrected chi connectivity index (χ1v) is 13.8. The van der Waals surface area contributed by atoms with Crippen LogP contribution in [0.2, 0.25) is 0 Å². The van der Waals surface area contributed by atoms with Crippen LogP contribution < -0.4 is 5.32 Å². The maximum Gasteiger partial charge on any atom is 0.353 e. The van der Waals surface area contributed by atoms with E-state index in [2.05, 4.69) is 15.3 Å². The van der Waals surface area contributed by atoms with E-state index in [1.807, 2.05) is 29.6 Å². The number of carboxylic acids is 1. The minimum Gasteiger partial charge on any atom is -0.477 e. The summed E-state index contributed by atoms with van der Waals surface area (Å²) in [5.74, 6) is -2.50. The Balaban J connectivity index is 1.48. The lowest BCUT2D eigenvalue weighted by molar-refractivity contribution is -0.150. The Morgan fingerprint density at radius 1 is 1.28 bits per heavy atom. The second-order valence-corrected chi connectivity index (χ2v) is 11.2. The monoisotopic (exact) mass is 565 g/mol. The molecule has 2 aliphatic heterocycles. The number of oxime groups is 1. The molecular formula is C23H20ClN3O6S3. The number of benzene rings is 1. The molecule has 188 valence electrons. The molecule has 0 aliphatic carbocycles. The van der Waals surface area contributed by atoms with Crippen LogP contribution in [0, 0.1) is 0 Å². The fraction of sp³-hybridized carbons (Fsp3) is 0.261. The van der Waals surface area contributed by atoms with Crippen LogP contribution in [0.1, 0.15) is 10.4 Å². The number of hydrogen-bond donors (Lipinski definition) is 2. The Bertz CT molecular complexity index is 1250. The van der Waals surface area contributed by atoms with Crippen molar-refractivity contribution >= 4 is 75.7 Å². The van der Waals surface area contributed by atoms with Gasteiger partial charge < -0.3 is 15.3 Å². The molecular weight excluding hydrogens is 546 g/mol. The van der Waals surface area contributed by atoms with Crippen LogP contribution in [0.25, 0.3) is 0 Å². The Labute approximate surface area is 223 Å². The topological polar surface area (TPSA) is 125 Å². The first-order chi connectivity index (χ1) is 17.3. The van der Waals surface area contributed by atoms with Gasteiger partial charge >= 0.3 is 5.97 Å². The van der Waals surface area contributed by atoms with Crippen molar-refractivity contribution in [2.24, 2.45) is 5.16 Å². The molecule has 2 amide bonds. The van der Waals surface area contributed by atoms with Crippen LogP contribution in [-0.4, -0.2) is 63.6 Å². The van der Waals surface area contributed by atoms with Crippen LogP contribution in [-0.2, 0) is 36.3 Å². The average molecular weight is 566 g/mol. The zero-order valence-corrected chi connectivity index (χ0v) is 22.0. The fourth-order valence-electron chi connectivity index (χ4n) is 3.63. The van der Waals surface area contributed by atoms with E-state index in [0.717, 1.165) is 15.3 Å². The molecule has 2 aromatic rings. The van der Waals surface area contributed by atoms with Gasteiger partial charge in [-0.1, -0.05) is 35.1 Å². The SMILES string of the molecule is CON=C(C(=O)Cc1cccs1)C(=O)N[C@@H]1C(=O)N2C(C(=O)O)=C(Sc3ccc(CCl)cc3)CS[C@@H]12. The predicted molar refractivity (Wildman–Crippen MR) is 139 cm³/mol. The van der Waals surface area contributed by atoms with Crippen LogP contribution in [0.5, 0.6) is 0 Å². The van der Waals surface area contributed by atoms with Crippen molar-refractivity contribution in [2.75, 3.05) is 12.9 Å². The highest BCUT2D eigenvalue weighted by molar-refractivity contribution is 8.06. The summed E-state index contributed by atoms with van der Waals surface area (Å²) in [5, 5.41) is 17.2. The Hall–Kier alpha value is -2.80. The first kappa shape index (κ1) is 26.3. The standard InChI is InChI=1S/C23H20ClN3O6S3/c1-33-26-17(15(28)9-14-3-2-8-34-14)20(29)25-18-21(30)27-19(23(31)32)16(11-35-22(18)27)36-13-6-4-12(10-24)5-7-13/h2-8,18,22H,9-11H2,1H3,(H,25,29)(H,31,32)/t18-,22+/m1/s1. The third-order valence-electron chi connectivity index (χ3n) is 5.32. The quantitative estimate of drug-likeness (QED) is 0.148. The summed E-state index contributed by atoms with van der Waals surface area (Å²) in [6, 6.07) is 9.95. The number of alkyl halides is 1. The van der Waals surface area contributed by atoms with Crippen LogP contribution in [0.4, 0.5) is 0 Å². The summed E-state index contributed by atoms with van der Waals surface area (Å²) in [4.78, 5) is 58.5. The summed E-state index contributed by atoms with van der Waals surface area (Å²) in [6.07, 6.45) is -0.0332. The lowest BCUT2D eigenvalue weighted by atomic mass is 10.0. The largest absolute Gasteiger partial charge is 0.477 e. The number of thiophene rings is 1. The third kappa shape index (κ3) is 5.46. The number of carbonyl (C=O) groups excluding carboxylic acids is 3. The molecule has 0 spiro atoms. The number of ketones is 1. The van der Waals surface area contributed by atoms with Crippen molar-refractivity contribution in [3.8, 4) is 0 Å². The molecule has 2 atom stereocenters. The minimum absolute atomic E-state index is 0.0332. The van der Waals surface area contributed by atoms with Crippen molar-refractivity contribution in [3.63, 3.8) is 0 Å². The average Bonchev–Trinajstić information content (AvgIpc) is 3.38. The van der Waals surface area contributed by atoms with Gasteiger partial charge in [0, 0.05) is 32.7 Å². The number of fused-ring (bicyclic) bond motifs is 1. The molecule has 13 heteroatoms. The number of carboxylic acid groups (broad SMARTS) is 1. The number of β-lactam (4-membered cyclic amide) rings is 1. The van der Waals surface area contributed by atoms with E-state index in [0.29, 0.717) is 16.5 Å². The number of halogens is 1. The molecule has 9 nitrogen and oxygen atoms in total. The molecule has 1 fully saturated rings. The number of Topliss-reactive ketones (excluding diaryl/α,β-unsaturated/α-hetero) is 1. The van der Waals surface area contributed by atoms with E-state index in [-0.39, 0.29) is 12.1 Å². The molecule has 4 rings (SSSR count). The molecule has 0 unspecified atom stereocenters. The number of amides is 2. The highest BCUT2D eigenvalue weighted by Crippen LogP contribution is 2.45. The summed E-state index contributed by atoms with van der Waals surface area (Å²) in [6.45, 7) is 0. The maximum atomic E-state index is 13.0. The number of hydrogen-bond acceptors (Lipinski definition) is 9. The highest BCUT2D eigenvalue weighted by Gasteiger charge is 2.54. The second kappa shape index (κ2) is 11.5. The van der Waals surface area contributed by atoms with Gasteiger partial charge in [0.25, 0.3) is 11.8 Å². The smallest absolute Gasteiger partial charge is 0.353 e. The Morgan fingerprint density at radius 3 is 2.64 bits per heavy atom. The lowest BCUT2D eigenvalue weighted by Gasteiger charge is -2.49. The second-order valence-electron chi connectivity index (χ2n) is 7.62. The van der Waals surface area contributed by atoms with Gasteiger partial charge in [0.05, 0.1) is 0 Å². The molecule has 1 saturated heterocycles. The lowest BCUT2D eigenvalue weighted by Crippen LogP contribution is -2.71. The van der Waals surface area contributed by atoms with Crippen LogP contribution in [0.3, 0.4) is 0 Å². The van der Waals surface area contributed by atoms with Gasteiger partial charge in [-0.15, -0.1) is 34.7 Å². The molecule has 0 bridgehead atoms. The Morgan fingerprint density at radius 2 is 2.03 bits per heavy atom. The summed E-state index contributed by atoms with van der Waals surface area (Å²) < 4.78 is 0. The van der Waals surface area contributed by atoms with Crippen LogP contribution >= 0.6 is 46.5 Å². The van der Waals surface area contributed by atoms with Crippen molar-refractivity contribution < 1.29 is 29.1 Å². The van der Waals surface area contributed by atoms with Gasteiger partial charge in [0.1, 0.15) is 24.2 Å².